The second kappa shape index (κ2) is 7.93. The van der Waals surface area contributed by atoms with E-state index < -0.39 is 23.7 Å². The molecule has 2 heterocycles. The van der Waals surface area contributed by atoms with Gasteiger partial charge in [0.25, 0.3) is 0 Å². The zero-order valence-corrected chi connectivity index (χ0v) is 14.1. The highest BCUT2D eigenvalue weighted by atomic mass is 19.1. The van der Waals surface area contributed by atoms with Crippen molar-refractivity contribution in [3.05, 3.63) is 35.6 Å². The number of carbonyl (C=O) groups excluding carboxylic acids is 1. The van der Waals surface area contributed by atoms with Crippen LogP contribution < -0.4 is 0 Å². The average molecular weight is 350 g/mol. The van der Waals surface area contributed by atoms with Gasteiger partial charge < -0.3 is 14.7 Å². The Morgan fingerprint density at radius 1 is 1.12 bits per heavy atom. The maximum Gasteiger partial charge on any atom is 0.306 e. The molecule has 25 heavy (non-hydrogen) atoms. The number of hydrogen-bond acceptors (Lipinski definition) is 4. The first-order chi connectivity index (χ1) is 12.1. The Bertz CT molecular complexity index is 625. The van der Waals surface area contributed by atoms with Crippen LogP contribution in [-0.4, -0.2) is 66.2 Å². The Hall–Kier alpha value is -1.99. The minimum atomic E-state index is -0.814. The van der Waals surface area contributed by atoms with Crippen LogP contribution in [0.4, 0.5) is 4.39 Å². The molecule has 136 valence electrons. The molecule has 1 N–H and O–H groups in total. The molecule has 0 saturated carbocycles. The van der Waals surface area contributed by atoms with Gasteiger partial charge in [0.15, 0.2) is 0 Å². The maximum absolute atomic E-state index is 14.4. The van der Waals surface area contributed by atoms with Crippen molar-refractivity contribution < 1.29 is 23.8 Å². The van der Waals surface area contributed by atoms with Gasteiger partial charge in [-0.2, -0.15) is 0 Å². The highest BCUT2D eigenvalue weighted by Crippen LogP contribution is 2.28. The fourth-order valence-corrected chi connectivity index (χ4v) is 3.54. The smallest absolute Gasteiger partial charge is 0.306 e. The number of carboxylic acid groups (broad SMARTS) is 1. The fourth-order valence-electron chi connectivity index (χ4n) is 3.54. The van der Waals surface area contributed by atoms with Gasteiger partial charge in [-0.1, -0.05) is 18.2 Å². The van der Waals surface area contributed by atoms with E-state index in [0.717, 1.165) is 0 Å². The van der Waals surface area contributed by atoms with E-state index in [2.05, 4.69) is 0 Å². The van der Waals surface area contributed by atoms with Gasteiger partial charge in [-0.05, 0) is 18.9 Å². The highest BCUT2D eigenvalue weighted by Gasteiger charge is 2.36. The largest absolute Gasteiger partial charge is 0.481 e. The van der Waals surface area contributed by atoms with E-state index in [0.29, 0.717) is 57.8 Å². The lowest BCUT2D eigenvalue weighted by atomic mass is 9.95. The van der Waals surface area contributed by atoms with Crippen LogP contribution in [0.25, 0.3) is 0 Å². The molecule has 2 aliphatic heterocycles. The summed E-state index contributed by atoms with van der Waals surface area (Å²) in [6.07, 6.45) is 0.877. The van der Waals surface area contributed by atoms with E-state index >= 15 is 0 Å². The van der Waals surface area contributed by atoms with Gasteiger partial charge in [0.05, 0.1) is 19.1 Å². The van der Waals surface area contributed by atoms with Crippen molar-refractivity contribution in [1.29, 1.82) is 0 Å². The predicted octanol–water partition coefficient (Wildman–Crippen LogP) is 1.52. The molecule has 0 aliphatic carbocycles. The number of ether oxygens (including phenoxy) is 1. The van der Waals surface area contributed by atoms with Gasteiger partial charge >= 0.3 is 5.97 Å². The van der Waals surface area contributed by atoms with Crippen LogP contribution in [0.2, 0.25) is 0 Å². The van der Waals surface area contributed by atoms with Crippen LogP contribution in [0.1, 0.15) is 24.4 Å². The van der Waals surface area contributed by atoms with Crippen molar-refractivity contribution in [3.63, 3.8) is 0 Å². The van der Waals surface area contributed by atoms with Gasteiger partial charge in [-0.25, -0.2) is 4.39 Å². The molecular weight excluding hydrogens is 327 g/mol. The summed E-state index contributed by atoms with van der Waals surface area (Å²) in [5, 5.41) is 9.12. The Labute approximate surface area is 146 Å². The molecule has 1 unspecified atom stereocenters. The van der Waals surface area contributed by atoms with E-state index in [4.69, 9.17) is 9.84 Å². The Balaban J connectivity index is 1.80. The van der Waals surface area contributed by atoms with Crippen LogP contribution in [-0.2, 0) is 14.3 Å². The van der Waals surface area contributed by atoms with Crippen molar-refractivity contribution in [3.8, 4) is 0 Å². The molecule has 7 heteroatoms. The molecule has 0 spiro atoms. The third-order valence-corrected chi connectivity index (χ3v) is 5.00. The number of hydrogen-bond donors (Lipinski definition) is 1. The number of nitrogens with zero attached hydrogens (tertiary/aromatic N) is 2. The number of halogens is 1. The first-order valence-electron chi connectivity index (χ1n) is 8.65. The number of aliphatic carboxylic acids is 1. The third-order valence-electron chi connectivity index (χ3n) is 5.00. The Morgan fingerprint density at radius 3 is 2.36 bits per heavy atom. The second-order valence-electron chi connectivity index (χ2n) is 6.51. The summed E-state index contributed by atoms with van der Waals surface area (Å²) >= 11 is 0. The summed E-state index contributed by atoms with van der Waals surface area (Å²) < 4.78 is 19.7. The fraction of sp³-hybridized carbons (Fsp3) is 0.556. The number of amides is 1. The SMILES string of the molecule is O=C(O)C1CCN(C(=O)C(c2ccccc2F)N2CCOCC2)CC1. The summed E-state index contributed by atoms with van der Waals surface area (Å²) in [6.45, 7) is 2.95. The van der Waals surface area contributed by atoms with Crippen LogP contribution >= 0.6 is 0 Å². The van der Waals surface area contributed by atoms with Crippen molar-refractivity contribution in [2.24, 2.45) is 5.92 Å². The minimum absolute atomic E-state index is 0.157. The summed E-state index contributed by atoms with van der Waals surface area (Å²) in [4.78, 5) is 27.9. The lowest BCUT2D eigenvalue weighted by molar-refractivity contribution is -0.148. The lowest BCUT2D eigenvalue weighted by Gasteiger charge is -2.38. The number of piperidine rings is 1. The monoisotopic (exact) mass is 350 g/mol. The molecule has 3 rings (SSSR count). The van der Waals surface area contributed by atoms with E-state index in [1.54, 1.807) is 23.1 Å². The molecule has 1 atom stereocenters. The van der Waals surface area contributed by atoms with Crippen LogP contribution in [0, 0.1) is 11.7 Å². The topological polar surface area (TPSA) is 70.1 Å². The van der Waals surface area contributed by atoms with Gasteiger partial charge in [-0.3, -0.25) is 14.5 Å². The number of rotatable bonds is 4. The van der Waals surface area contributed by atoms with Gasteiger partial charge in [0, 0.05) is 31.7 Å². The Morgan fingerprint density at radius 2 is 1.76 bits per heavy atom. The molecule has 2 aliphatic rings. The standard InChI is InChI=1S/C18H23FN2O4/c19-15-4-2-1-3-14(15)16(20-9-11-25-12-10-20)17(22)21-7-5-13(6-8-21)18(23)24/h1-4,13,16H,5-12H2,(H,23,24). The second-order valence-corrected chi connectivity index (χ2v) is 6.51. The van der Waals surface area contributed by atoms with Gasteiger partial charge in [0.2, 0.25) is 5.91 Å². The lowest BCUT2D eigenvalue weighted by Crippen LogP contribution is -2.49. The average Bonchev–Trinajstić information content (AvgIpc) is 2.64. The summed E-state index contributed by atoms with van der Waals surface area (Å²) in [7, 11) is 0. The number of benzene rings is 1. The molecule has 0 bridgehead atoms. The quantitative estimate of drug-likeness (QED) is 0.892. The normalized spacial score (nSPS) is 21.1. The van der Waals surface area contributed by atoms with Crippen molar-refractivity contribution >= 4 is 11.9 Å². The van der Waals surface area contributed by atoms with Crippen molar-refractivity contribution in [2.75, 3.05) is 39.4 Å². The molecule has 1 aromatic rings. The molecule has 0 aromatic heterocycles. The predicted molar refractivity (Wildman–Crippen MR) is 88.5 cm³/mol. The molecule has 1 aromatic carbocycles. The molecule has 2 fully saturated rings. The van der Waals surface area contributed by atoms with E-state index in [-0.39, 0.29) is 5.91 Å². The number of carboxylic acids is 1. The molecule has 0 radical (unpaired) electrons. The summed E-state index contributed by atoms with van der Waals surface area (Å²) in [5.74, 6) is -1.77. The maximum atomic E-state index is 14.4. The number of carbonyl (C=O) groups is 2. The third kappa shape index (κ3) is 3.99. The first kappa shape index (κ1) is 17.8. The molecular formula is C18H23FN2O4. The number of morpholine rings is 1. The number of likely N-dealkylation sites (tertiary alicyclic amines) is 1. The highest BCUT2D eigenvalue weighted by molar-refractivity contribution is 5.84. The molecule has 1 amide bonds. The van der Waals surface area contributed by atoms with E-state index in [1.807, 2.05) is 4.90 Å². The molecule has 2 saturated heterocycles. The van der Waals surface area contributed by atoms with Gasteiger partial charge in [-0.15, -0.1) is 0 Å². The van der Waals surface area contributed by atoms with Crippen molar-refractivity contribution in [1.82, 2.24) is 9.80 Å². The summed E-state index contributed by atoms with van der Waals surface area (Å²) in [6, 6.07) is 5.67. The summed E-state index contributed by atoms with van der Waals surface area (Å²) in [5.41, 5.74) is 0.370. The Kier molecular flexibility index (Phi) is 5.65. The van der Waals surface area contributed by atoms with Crippen LogP contribution in [0.15, 0.2) is 24.3 Å². The zero-order valence-electron chi connectivity index (χ0n) is 14.1. The van der Waals surface area contributed by atoms with E-state index in [9.17, 15) is 14.0 Å². The van der Waals surface area contributed by atoms with Crippen molar-refractivity contribution in [2.45, 2.75) is 18.9 Å². The first-order valence-corrected chi connectivity index (χ1v) is 8.65. The van der Waals surface area contributed by atoms with Gasteiger partial charge in [0.1, 0.15) is 11.9 Å². The van der Waals surface area contributed by atoms with Crippen LogP contribution in [0.5, 0.6) is 0 Å². The zero-order chi connectivity index (χ0) is 17.8. The molecule has 6 nitrogen and oxygen atoms in total. The van der Waals surface area contributed by atoms with E-state index in [1.165, 1.54) is 6.07 Å². The van der Waals surface area contributed by atoms with Crippen LogP contribution in [0.3, 0.4) is 0 Å². The minimum Gasteiger partial charge on any atom is -0.481 e.